The fraction of sp³-hybridized carbons (Fsp3) is 0.483. The van der Waals surface area contributed by atoms with Gasteiger partial charge in [-0.3, -0.25) is 14.4 Å². The molecule has 0 bridgehead atoms. The van der Waals surface area contributed by atoms with E-state index in [4.69, 9.17) is 0 Å². The van der Waals surface area contributed by atoms with Crippen LogP contribution in [0.5, 0.6) is 5.75 Å². The molecule has 192 valence electrons. The maximum Gasteiger partial charge on any atom is 0.203 e. The number of phenols is 1. The number of aliphatic hydroxyl groups excluding tert-OH is 2. The molecular formula is C29H34O7. The molecule has 3 aliphatic rings. The topological polar surface area (TPSA) is 132 Å². The van der Waals surface area contributed by atoms with Gasteiger partial charge < -0.3 is 20.4 Å². The van der Waals surface area contributed by atoms with E-state index in [9.17, 15) is 34.8 Å². The van der Waals surface area contributed by atoms with E-state index in [0.29, 0.717) is 12.0 Å². The van der Waals surface area contributed by atoms with Crippen molar-refractivity contribution in [1.82, 2.24) is 0 Å². The van der Waals surface area contributed by atoms with Gasteiger partial charge in [0.05, 0.1) is 5.56 Å². The van der Waals surface area contributed by atoms with Gasteiger partial charge in [-0.2, -0.15) is 0 Å². The molecule has 1 aromatic carbocycles. The number of carbonyl (C=O) groups is 3. The number of hydrogen-bond donors (Lipinski definition) is 4. The van der Waals surface area contributed by atoms with Gasteiger partial charge in [-0.05, 0) is 54.9 Å². The van der Waals surface area contributed by atoms with Crippen molar-refractivity contribution in [2.24, 2.45) is 22.7 Å². The number of rotatable bonds is 4. The van der Waals surface area contributed by atoms with E-state index in [1.54, 1.807) is 33.8 Å². The van der Waals surface area contributed by atoms with Crippen molar-refractivity contribution in [2.75, 3.05) is 0 Å². The standard InChI is InChI=1S/C29H34O7/c1-8-14(4)16-9-10-18(31)20-17(16)11-27(6)12-28(7)21(13(2)3)23(32)19(15(5)30)25(34)29(28,36)26(35)22(27)24(20)33/h9-10,13,21,31,33-34,36H,4,8,11-12H2,1-3,5-7H3/t21?,27-,28-,29+/m1/s1. The molecule has 0 aromatic heterocycles. The third-order valence-electron chi connectivity index (χ3n) is 8.70. The second-order valence-corrected chi connectivity index (χ2v) is 11.4. The number of allylic oxidation sites excluding steroid dienone is 2. The Hall–Kier alpha value is -3.19. The molecule has 0 radical (unpaired) electrons. The average molecular weight is 495 g/mol. The molecule has 3 aliphatic carbocycles. The number of ketones is 3. The zero-order valence-corrected chi connectivity index (χ0v) is 21.7. The number of aromatic hydroxyl groups is 1. The zero-order chi connectivity index (χ0) is 27.1. The van der Waals surface area contributed by atoms with Crippen LogP contribution in [-0.2, 0) is 20.8 Å². The lowest BCUT2D eigenvalue weighted by atomic mass is 9.43. The number of carbonyl (C=O) groups excluding carboxylic acids is 3. The molecule has 4 rings (SSSR count). The van der Waals surface area contributed by atoms with Gasteiger partial charge in [-0.15, -0.1) is 0 Å². The van der Waals surface area contributed by atoms with Crippen LogP contribution in [0, 0.1) is 22.7 Å². The van der Waals surface area contributed by atoms with Gasteiger partial charge in [0.2, 0.25) is 5.78 Å². The second-order valence-electron chi connectivity index (χ2n) is 11.4. The Morgan fingerprint density at radius 1 is 1.17 bits per heavy atom. The van der Waals surface area contributed by atoms with E-state index in [1.807, 2.05) is 6.92 Å². The Kier molecular flexibility index (Phi) is 5.68. The summed E-state index contributed by atoms with van der Waals surface area (Å²) in [7, 11) is 0. The fourth-order valence-electron chi connectivity index (χ4n) is 7.24. The third-order valence-corrected chi connectivity index (χ3v) is 8.70. The number of phenolic OH excluding ortho intramolecular Hbond substituents is 1. The smallest absolute Gasteiger partial charge is 0.203 e. The van der Waals surface area contributed by atoms with Crippen LogP contribution >= 0.6 is 0 Å². The summed E-state index contributed by atoms with van der Waals surface area (Å²) in [6, 6.07) is 3.17. The summed E-state index contributed by atoms with van der Waals surface area (Å²) in [4.78, 5) is 40.1. The number of Topliss-reactive ketones (excluding diaryl/α,β-unsaturated/α-hetero) is 3. The van der Waals surface area contributed by atoms with Crippen molar-refractivity contribution in [3.8, 4) is 5.75 Å². The lowest BCUT2D eigenvalue weighted by Gasteiger charge is -2.59. The number of fused-ring (bicyclic) bond motifs is 3. The molecule has 0 aliphatic heterocycles. The van der Waals surface area contributed by atoms with Gasteiger partial charge in [0.25, 0.3) is 0 Å². The van der Waals surface area contributed by atoms with Gasteiger partial charge >= 0.3 is 0 Å². The van der Waals surface area contributed by atoms with Crippen LogP contribution in [0.1, 0.15) is 71.1 Å². The fourth-order valence-corrected chi connectivity index (χ4v) is 7.24. The van der Waals surface area contributed by atoms with Crippen LogP contribution in [0.2, 0.25) is 0 Å². The highest BCUT2D eigenvalue weighted by Gasteiger charge is 2.72. The summed E-state index contributed by atoms with van der Waals surface area (Å²) >= 11 is 0. The minimum Gasteiger partial charge on any atom is -0.508 e. The van der Waals surface area contributed by atoms with Gasteiger partial charge in [0.15, 0.2) is 17.2 Å². The van der Waals surface area contributed by atoms with E-state index >= 15 is 0 Å². The summed E-state index contributed by atoms with van der Waals surface area (Å²) in [5.74, 6) is -5.25. The van der Waals surface area contributed by atoms with Crippen LogP contribution in [0.15, 0.2) is 35.6 Å². The Morgan fingerprint density at radius 2 is 1.78 bits per heavy atom. The average Bonchev–Trinajstić information content (AvgIpc) is 2.75. The van der Waals surface area contributed by atoms with E-state index in [-0.39, 0.29) is 35.6 Å². The molecule has 0 spiro atoms. The monoisotopic (exact) mass is 494 g/mol. The van der Waals surface area contributed by atoms with Crippen molar-refractivity contribution >= 4 is 28.7 Å². The zero-order valence-electron chi connectivity index (χ0n) is 21.7. The van der Waals surface area contributed by atoms with Crippen LogP contribution < -0.4 is 0 Å². The first kappa shape index (κ1) is 25.9. The summed E-state index contributed by atoms with van der Waals surface area (Å²) in [5, 5.41) is 45.3. The van der Waals surface area contributed by atoms with Gasteiger partial charge in [-0.25, -0.2) is 0 Å². The Balaban J connectivity index is 2.10. The van der Waals surface area contributed by atoms with E-state index in [2.05, 4.69) is 6.58 Å². The highest BCUT2D eigenvalue weighted by molar-refractivity contribution is 6.24. The van der Waals surface area contributed by atoms with Crippen LogP contribution in [0.4, 0.5) is 0 Å². The number of benzene rings is 1. The van der Waals surface area contributed by atoms with Gasteiger partial charge in [-0.1, -0.05) is 47.3 Å². The minimum absolute atomic E-state index is 0.0681. The molecule has 1 fully saturated rings. The number of aliphatic hydroxyl groups is 3. The van der Waals surface area contributed by atoms with Crippen LogP contribution in [0.3, 0.4) is 0 Å². The second kappa shape index (κ2) is 7.90. The Morgan fingerprint density at radius 3 is 2.31 bits per heavy atom. The van der Waals surface area contributed by atoms with Crippen molar-refractivity contribution < 1.29 is 34.8 Å². The Labute approximate surface area is 210 Å². The molecule has 7 heteroatoms. The molecule has 1 aromatic rings. The molecule has 1 unspecified atom stereocenters. The maximum atomic E-state index is 14.2. The summed E-state index contributed by atoms with van der Waals surface area (Å²) in [6.07, 6.45) is 0.946. The summed E-state index contributed by atoms with van der Waals surface area (Å²) in [6.45, 7) is 14.1. The normalized spacial score (nSPS) is 31.8. The molecule has 1 saturated carbocycles. The van der Waals surface area contributed by atoms with E-state index < -0.39 is 56.8 Å². The van der Waals surface area contributed by atoms with Crippen molar-refractivity contribution in [1.29, 1.82) is 0 Å². The summed E-state index contributed by atoms with van der Waals surface area (Å²) in [5.41, 5.74) is -3.51. The third kappa shape index (κ3) is 2.98. The van der Waals surface area contributed by atoms with Crippen LogP contribution in [-0.4, -0.2) is 43.4 Å². The van der Waals surface area contributed by atoms with Crippen molar-refractivity contribution in [3.05, 3.63) is 52.3 Å². The van der Waals surface area contributed by atoms with Gasteiger partial charge in [0, 0.05) is 22.3 Å². The van der Waals surface area contributed by atoms with E-state index in [0.717, 1.165) is 18.1 Å². The molecule has 7 nitrogen and oxygen atoms in total. The molecule has 4 atom stereocenters. The molecule has 0 heterocycles. The first-order valence-electron chi connectivity index (χ1n) is 12.3. The molecule has 36 heavy (non-hydrogen) atoms. The lowest BCUT2D eigenvalue weighted by molar-refractivity contribution is -0.178. The van der Waals surface area contributed by atoms with Crippen molar-refractivity contribution in [3.63, 3.8) is 0 Å². The summed E-state index contributed by atoms with van der Waals surface area (Å²) < 4.78 is 0. The molecular weight excluding hydrogens is 460 g/mol. The number of hydrogen-bond acceptors (Lipinski definition) is 7. The quantitative estimate of drug-likeness (QED) is 0.449. The maximum absolute atomic E-state index is 14.2. The predicted octanol–water partition coefficient (Wildman–Crippen LogP) is 4.61. The first-order chi connectivity index (χ1) is 16.6. The Bertz CT molecular complexity index is 1310. The van der Waals surface area contributed by atoms with E-state index in [1.165, 1.54) is 6.07 Å². The largest absolute Gasteiger partial charge is 0.508 e. The SMILES string of the molecule is C=C(CC)c1ccc(O)c2c1C[C@]1(C)C[C@]3(C)C(C(C)C)C(=O)C(C(C)=O)=C(O)[C@]3(O)C(=O)C1=C2O. The van der Waals surface area contributed by atoms with Crippen LogP contribution in [0.25, 0.3) is 11.3 Å². The molecule has 4 N–H and O–H groups in total. The molecule has 0 saturated heterocycles. The highest BCUT2D eigenvalue weighted by Crippen LogP contribution is 2.65. The predicted molar refractivity (Wildman–Crippen MR) is 135 cm³/mol. The lowest BCUT2D eigenvalue weighted by Crippen LogP contribution is -2.69. The highest BCUT2D eigenvalue weighted by atomic mass is 16.3. The van der Waals surface area contributed by atoms with Crippen molar-refractivity contribution in [2.45, 2.75) is 66.4 Å². The van der Waals surface area contributed by atoms with Gasteiger partial charge in [0.1, 0.15) is 22.8 Å². The minimum atomic E-state index is -2.60. The first-order valence-corrected chi connectivity index (χ1v) is 12.3. The molecule has 0 amide bonds.